The molecule has 0 saturated carbocycles. The molecule has 1 aromatic rings. The molecule has 1 aliphatic rings. The lowest BCUT2D eigenvalue weighted by Gasteiger charge is -2.34. The molecule has 1 aromatic heterocycles. The fraction of sp³-hybridized carbons (Fsp3) is 0.438. The van der Waals surface area contributed by atoms with Gasteiger partial charge in [0.15, 0.2) is 5.57 Å². The quantitative estimate of drug-likeness (QED) is 0.469. The van der Waals surface area contributed by atoms with Crippen LogP contribution >= 0.6 is 0 Å². The van der Waals surface area contributed by atoms with E-state index in [4.69, 9.17) is 10.00 Å². The van der Waals surface area contributed by atoms with Crippen molar-refractivity contribution in [1.29, 1.82) is 5.26 Å². The highest BCUT2D eigenvalue weighted by Gasteiger charge is 2.31. The smallest absolute Gasteiger partial charge is 0.417 e. The predicted molar refractivity (Wildman–Crippen MR) is 83.4 cm³/mol. The van der Waals surface area contributed by atoms with Crippen LogP contribution in [0.25, 0.3) is 0 Å². The molecule has 0 aliphatic carbocycles. The van der Waals surface area contributed by atoms with Gasteiger partial charge in [0.05, 0.1) is 12.2 Å². The van der Waals surface area contributed by atoms with Gasteiger partial charge in [0, 0.05) is 38.6 Å². The Bertz CT molecular complexity index is 672. The van der Waals surface area contributed by atoms with Crippen LogP contribution in [-0.2, 0) is 15.7 Å². The number of pyridine rings is 1. The lowest BCUT2D eigenvalue weighted by Crippen LogP contribution is -2.44. The SMILES string of the molecule is CCOC(=O)C(C#N)=CN1CCN(c2ccc(C(F)(F)F)cn2)CC1. The second-order valence-corrected chi connectivity index (χ2v) is 5.30. The molecule has 134 valence electrons. The van der Waals surface area contributed by atoms with Crippen molar-refractivity contribution in [2.75, 3.05) is 37.7 Å². The molecule has 1 saturated heterocycles. The van der Waals surface area contributed by atoms with E-state index >= 15 is 0 Å². The monoisotopic (exact) mass is 354 g/mol. The van der Waals surface area contributed by atoms with Gasteiger partial charge in [-0.2, -0.15) is 18.4 Å². The molecule has 0 spiro atoms. The number of rotatable bonds is 4. The number of carbonyl (C=O) groups excluding carboxylic acids is 1. The lowest BCUT2D eigenvalue weighted by molar-refractivity contribution is -0.138. The fourth-order valence-corrected chi connectivity index (χ4v) is 2.34. The highest BCUT2D eigenvalue weighted by molar-refractivity contribution is 5.92. The maximum atomic E-state index is 12.6. The summed E-state index contributed by atoms with van der Waals surface area (Å²) in [7, 11) is 0. The van der Waals surface area contributed by atoms with Crippen molar-refractivity contribution < 1.29 is 22.7 Å². The van der Waals surface area contributed by atoms with Crippen LogP contribution in [0.2, 0.25) is 0 Å². The zero-order chi connectivity index (χ0) is 18.4. The number of alkyl halides is 3. The van der Waals surface area contributed by atoms with Gasteiger partial charge >= 0.3 is 12.1 Å². The number of hydrogen-bond acceptors (Lipinski definition) is 6. The first-order valence-electron chi connectivity index (χ1n) is 7.66. The van der Waals surface area contributed by atoms with E-state index < -0.39 is 17.7 Å². The topological polar surface area (TPSA) is 69.5 Å². The number of anilines is 1. The Labute approximate surface area is 143 Å². The van der Waals surface area contributed by atoms with E-state index in [0.29, 0.717) is 32.0 Å². The Hall–Kier alpha value is -2.76. The van der Waals surface area contributed by atoms with E-state index in [1.54, 1.807) is 11.8 Å². The molecule has 1 aliphatic heterocycles. The van der Waals surface area contributed by atoms with Crippen LogP contribution < -0.4 is 4.90 Å². The molecule has 25 heavy (non-hydrogen) atoms. The zero-order valence-corrected chi connectivity index (χ0v) is 13.6. The molecule has 2 rings (SSSR count). The van der Waals surface area contributed by atoms with Crippen molar-refractivity contribution in [3.8, 4) is 6.07 Å². The summed E-state index contributed by atoms with van der Waals surface area (Å²) in [5, 5.41) is 9.02. The maximum absolute atomic E-state index is 12.6. The van der Waals surface area contributed by atoms with E-state index in [1.165, 1.54) is 12.3 Å². The number of nitriles is 1. The highest BCUT2D eigenvalue weighted by Crippen LogP contribution is 2.29. The normalized spacial score (nSPS) is 15.7. The van der Waals surface area contributed by atoms with Gasteiger partial charge in [-0.25, -0.2) is 9.78 Å². The minimum atomic E-state index is -4.41. The van der Waals surface area contributed by atoms with E-state index in [2.05, 4.69) is 4.98 Å². The molecule has 0 N–H and O–H groups in total. The Morgan fingerprint density at radius 3 is 2.52 bits per heavy atom. The summed E-state index contributed by atoms with van der Waals surface area (Å²) in [6.45, 7) is 3.88. The Balaban J connectivity index is 1.97. The highest BCUT2D eigenvalue weighted by atomic mass is 19.4. The minimum absolute atomic E-state index is 0.0806. The number of carbonyl (C=O) groups is 1. The van der Waals surface area contributed by atoms with Crippen LogP contribution in [0.5, 0.6) is 0 Å². The second kappa shape index (κ2) is 7.88. The Morgan fingerprint density at radius 2 is 2.04 bits per heavy atom. The van der Waals surface area contributed by atoms with E-state index in [1.807, 2.05) is 11.0 Å². The maximum Gasteiger partial charge on any atom is 0.417 e. The van der Waals surface area contributed by atoms with Gasteiger partial charge < -0.3 is 14.5 Å². The Morgan fingerprint density at radius 1 is 1.36 bits per heavy atom. The predicted octanol–water partition coefficient (Wildman–Crippen LogP) is 2.19. The third-order valence-electron chi connectivity index (χ3n) is 3.64. The zero-order valence-electron chi connectivity index (χ0n) is 13.6. The molecule has 0 radical (unpaired) electrons. The van der Waals surface area contributed by atoms with Crippen LogP contribution in [-0.4, -0.2) is 48.6 Å². The molecule has 1 fully saturated rings. The van der Waals surface area contributed by atoms with Gasteiger partial charge in [0.25, 0.3) is 0 Å². The molecular weight excluding hydrogens is 337 g/mol. The second-order valence-electron chi connectivity index (χ2n) is 5.30. The summed E-state index contributed by atoms with van der Waals surface area (Å²) in [5.74, 6) is -0.209. The van der Waals surface area contributed by atoms with Crippen molar-refractivity contribution in [2.24, 2.45) is 0 Å². The van der Waals surface area contributed by atoms with Gasteiger partial charge in [0.1, 0.15) is 11.9 Å². The number of hydrogen-bond donors (Lipinski definition) is 0. The first-order valence-corrected chi connectivity index (χ1v) is 7.66. The standard InChI is InChI=1S/C16H17F3N4O2/c1-2-25-15(24)12(9-20)11-22-5-7-23(8-6-22)14-4-3-13(10-21-14)16(17,18)19/h3-4,10-11H,2,5-8H2,1H3. The molecule has 0 unspecified atom stereocenters. The summed E-state index contributed by atoms with van der Waals surface area (Å²) >= 11 is 0. The van der Waals surface area contributed by atoms with Gasteiger partial charge in [0.2, 0.25) is 0 Å². The van der Waals surface area contributed by atoms with Crippen LogP contribution in [0.1, 0.15) is 12.5 Å². The molecular formula is C16H17F3N4O2. The summed E-state index contributed by atoms with van der Waals surface area (Å²) < 4.78 is 42.5. The number of nitrogens with zero attached hydrogens (tertiary/aromatic N) is 4. The fourth-order valence-electron chi connectivity index (χ4n) is 2.34. The summed E-state index contributed by atoms with van der Waals surface area (Å²) in [6, 6.07) is 4.15. The summed E-state index contributed by atoms with van der Waals surface area (Å²) in [4.78, 5) is 19.1. The van der Waals surface area contributed by atoms with E-state index in [9.17, 15) is 18.0 Å². The molecule has 0 bridgehead atoms. The molecule has 9 heteroatoms. The number of aromatic nitrogens is 1. The molecule has 0 amide bonds. The lowest BCUT2D eigenvalue weighted by atomic mass is 10.2. The number of esters is 1. The average molecular weight is 354 g/mol. The van der Waals surface area contributed by atoms with E-state index in [-0.39, 0.29) is 12.2 Å². The third kappa shape index (κ3) is 4.86. The van der Waals surface area contributed by atoms with Gasteiger partial charge in [-0.15, -0.1) is 0 Å². The van der Waals surface area contributed by atoms with Crippen LogP contribution in [0, 0.1) is 11.3 Å². The number of halogens is 3. The number of piperazine rings is 1. The first-order chi connectivity index (χ1) is 11.8. The van der Waals surface area contributed by atoms with Crippen LogP contribution in [0.4, 0.5) is 19.0 Å². The molecule has 2 heterocycles. The van der Waals surface area contributed by atoms with E-state index in [0.717, 1.165) is 12.3 Å². The summed E-state index contributed by atoms with van der Waals surface area (Å²) in [6.07, 6.45) is -2.14. The third-order valence-corrected chi connectivity index (χ3v) is 3.64. The van der Waals surface area contributed by atoms with Crippen molar-refractivity contribution in [2.45, 2.75) is 13.1 Å². The Kier molecular flexibility index (Phi) is 5.85. The molecule has 6 nitrogen and oxygen atoms in total. The largest absolute Gasteiger partial charge is 0.462 e. The minimum Gasteiger partial charge on any atom is -0.462 e. The van der Waals surface area contributed by atoms with Crippen LogP contribution in [0.15, 0.2) is 30.1 Å². The van der Waals surface area contributed by atoms with Gasteiger partial charge in [-0.1, -0.05) is 0 Å². The van der Waals surface area contributed by atoms with Crippen molar-refractivity contribution in [3.05, 3.63) is 35.7 Å². The molecule has 0 aromatic carbocycles. The van der Waals surface area contributed by atoms with Crippen molar-refractivity contribution >= 4 is 11.8 Å². The number of ether oxygens (including phenoxy) is 1. The van der Waals surface area contributed by atoms with Crippen molar-refractivity contribution in [1.82, 2.24) is 9.88 Å². The van der Waals surface area contributed by atoms with Crippen LogP contribution in [0.3, 0.4) is 0 Å². The molecule has 0 atom stereocenters. The average Bonchev–Trinajstić information content (AvgIpc) is 2.59. The van der Waals surface area contributed by atoms with Gasteiger partial charge in [-0.3, -0.25) is 0 Å². The summed E-state index contributed by atoms with van der Waals surface area (Å²) in [5.41, 5.74) is -0.867. The van der Waals surface area contributed by atoms with Gasteiger partial charge in [-0.05, 0) is 19.1 Å². The van der Waals surface area contributed by atoms with Crippen molar-refractivity contribution in [3.63, 3.8) is 0 Å². The first kappa shape index (κ1) is 18.6.